The van der Waals surface area contributed by atoms with Gasteiger partial charge < -0.3 is 14.8 Å². The summed E-state index contributed by atoms with van der Waals surface area (Å²) in [7, 11) is 3.57. The number of nitrogens with one attached hydrogen (secondary N) is 1. The summed E-state index contributed by atoms with van der Waals surface area (Å²) in [5.41, 5.74) is 4.49. The van der Waals surface area contributed by atoms with E-state index in [0.717, 1.165) is 29.0 Å². The molecule has 1 N–H and O–H groups in total. The van der Waals surface area contributed by atoms with Crippen LogP contribution in [0.2, 0.25) is 0 Å². The summed E-state index contributed by atoms with van der Waals surface area (Å²) in [5.74, 6) is 1.54. The lowest BCUT2D eigenvalue weighted by molar-refractivity contribution is 0.290. The second kappa shape index (κ2) is 7.09. The van der Waals surface area contributed by atoms with Crippen molar-refractivity contribution in [2.75, 3.05) is 14.2 Å². The van der Waals surface area contributed by atoms with E-state index in [1.54, 1.807) is 13.3 Å². The van der Waals surface area contributed by atoms with Crippen LogP contribution in [0.4, 0.5) is 0 Å². The van der Waals surface area contributed by atoms with Crippen LogP contribution in [-0.2, 0) is 13.2 Å². The van der Waals surface area contributed by atoms with E-state index in [4.69, 9.17) is 9.47 Å². The predicted octanol–water partition coefficient (Wildman–Crippen LogP) is 3.01. The molecule has 0 aliphatic carbocycles. The molecule has 2 aromatic rings. The van der Waals surface area contributed by atoms with Crippen molar-refractivity contribution in [1.29, 1.82) is 0 Å². The molecule has 0 bridgehead atoms. The molecule has 1 heterocycles. The molecule has 0 aliphatic rings. The average molecular weight is 286 g/mol. The fourth-order valence-corrected chi connectivity index (χ4v) is 2.44. The lowest BCUT2D eigenvalue weighted by atomic mass is 10.1. The lowest BCUT2D eigenvalue weighted by Gasteiger charge is -2.15. The third-order valence-corrected chi connectivity index (χ3v) is 3.32. The van der Waals surface area contributed by atoms with Gasteiger partial charge in [-0.3, -0.25) is 0 Å². The van der Waals surface area contributed by atoms with Gasteiger partial charge in [-0.2, -0.15) is 0 Å². The number of pyridine rings is 1. The summed E-state index contributed by atoms with van der Waals surface area (Å²) in [4.78, 5) is 4.18. The van der Waals surface area contributed by atoms with Crippen molar-refractivity contribution in [3.63, 3.8) is 0 Å². The van der Waals surface area contributed by atoms with Gasteiger partial charge in [0.1, 0.15) is 12.4 Å². The minimum Gasteiger partial charge on any atom is -0.488 e. The molecule has 0 radical (unpaired) electrons. The first kappa shape index (κ1) is 15.3. The van der Waals surface area contributed by atoms with E-state index in [1.807, 2.05) is 19.2 Å². The molecule has 4 heteroatoms. The zero-order chi connectivity index (χ0) is 15.2. The number of ether oxygens (including phenoxy) is 2. The molecule has 1 aromatic heterocycles. The Balaban J connectivity index is 2.16. The highest BCUT2D eigenvalue weighted by atomic mass is 16.5. The summed E-state index contributed by atoms with van der Waals surface area (Å²) in [6, 6.07) is 8.15. The Labute approximate surface area is 126 Å². The third-order valence-electron chi connectivity index (χ3n) is 3.32. The molecule has 0 saturated carbocycles. The Kier molecular flexibility index (Phi) is 5.17. The van der Waals surface area contributed by atoms with Gasteiger partial charge in [-0.25, -0.2) is 4.98 Å². The highest BCUT2D eigenvalue weighted by Gasteiger charge is 2.09. The van der Waals surface area contributed by atoms with E-state index in [0.29, 0.717) is 12.5 Å². The van der Waals surface area contributed by atoms with Crippen molar-refractivity contribution >= 4 is 0 Å². The third kappa shape index (κ3) is 3.73. The van der Waals surface area contributed by atoms with Crippen LogP contribution in [0.15, 0.2) is 30.5 Å². The normalized spacial score (nSPS) is 10.5. The van der Waals surface area contributed by atoms with Gasteiger partial charge in [0, 0.05) is 12.7 Å². The van der Waals surface area contributed by atoms with E-state index < -0.39 is 0 Å². The van der Waals surface area contributed by atoms with Crippen LogP contribution in [0, 0.1) is 13.8 Å². The van der Waals surface area contributed by atoms with E-state index in [2.05, 4.69) is 36.3 Å². The van der Waals surface area contributed by atoms with E-state index in [1.165, 1.54) is 5.56 Å². The second-order valence-electron chi connectivity index (χ2n) is 5.05. The van der Waals surface area contributed by atoms with Crippen LogP contribution in [0.5, 0.6) is 11.6 Å². The molecule has 0 amide bonds. The number of methoxy groups -OCH3 is 1. The quantitative estimate of drug-likeness (QED) is 0.886. The number of aromatic nitrogens is 1. The van der Waals surface area contributed by atoms with Crippen molar-refractivity contribution < 1.29 is 9.47 Å². The Hall–Kier alpha value is -2.07. The van der Waals surface area contributed by atoms with Crippen molar-refractivity contribution in [3.05, 3.63) is 52.7 Å². The maximum Gasteiger partial charge on any atom is 0.219 e. The molecule has 1 aromatic carbocycles. The second-order valence-corrected chi connectivity index (χ2v) is 5.05. The topological polar surface area (TPSA) is 43.4 Å². The lowest BCUT2D eigenvalue weighted by Crippen LogP contribution is -2.07. The maximum absolute atomic E-state index is 5.99. The molecule has 0 aliphatic heterocycles. The molecule has 0 unspecified atom stereocenters. The van der Waals surface area contributed by atoms with Gasteiger partial charge in [0.25, 0.3) is 0 Å². The fourth-order valence-electron chi connectivity index (χ4n) is 2.44. The predicted molar refractivity (Wildman–Crippen MR) is 83.8 cm³/mol. The number of nitrogens with zero attached hydrogens (tertiary/aromatic N) is 1. The molecule has 2 rings (SSSR count). The minimum atomic E-state index is 0.448. The van der Waals surface area contributed by atoms with Crippen LogP contribution >= 0.6 is 0 Å². The number of hydrogen-bond acceptors (Lipinski definition) is 4. The Morgan fingerprint density at radius 3 is 2.52 bits per heavy atom. The van der Waals surface area contributed by atoms with E-state index >= 15 is 0 Å². The molecule has 0 fully saturated rings. The van der Waals surface area contributed by atoms with Gasteiger partial charge >= 0.3 is 0 Å². The first-order valence-electron chi connectivity index (χ1n) is 7.01. The number of hydrogen-bond donors (Lipinski definition) is 1. The summed E-state index contributed by atoms with van der Waals surface area (Å²) >= 11 is 0. The Morgan fingerprint density at radius 1 is 1.19 bits per heavy atom. The summed E-state index contributed by atoms with van der Waals surface area (Å²) in [6.45, 7) is 5.45. The van der Waals surface area contributed by atoms with Gasteiger partial charge in [-0.1, -0.05) is 12.1 Å². The Bertz CT molecular complexity index is 588. The monoisotopic (exact) mass is 286 g/mol. The molecule has 0 atom stereocenters. The van der Waals surface area contributed by atoms with Crippen molar-refractivity contribution in [2.24, 2.45) is 0 Å². The molecule has 0 saturated heterocycles. The van der Waals surface area contributed by atoms with Crippen LogP contribution in [0.25, 0.3) is 0 Å². The number of aryl methyl sites for hydroxylation is 2. The molecule has 21 heavy (non-hydrogen) atoms. The molecule has 0 spiro atoms. The average Bonchev–Trinajstić information content (AvgIpc) is 2.47. The number of rotatable bonds is 6. The van der Waals surface area contributed by atoms with Gasteiger partial charge in [0.2, 0.25) is 5.88 Å². The van der Waals surface area contributed by atoms with Crippen molar-refractivity contribution in [2.45, 2.75) is 27.0 Å². The number of benzene rings is 1. The summed E-state index contributed by atoms with van der Waals surface area (Å²) < 4.78 is 11.2. The van der Waals surface area contributed by atoms with Gasteiger partial charge in [-0.15, -0.1) is 0 Å². The highest BCUT2D eigenvalue weighted by molar-refractivity contribution is 5.43. The Morgan fingerprint density at radius 2 is 1.90 bits per heavy atom. The van der Waals surface area contributed by atoms with Crippen LogP contribution in [-0.4, -0.2) is 19.1 Å². The molecule has 4 nitrogen and oxygen atoms in total. The summed E-state index contributed by atoms with van der Waals surface area (Å²) in [5, 5.41) is 3.17. The molecule has 112 valence electrons. The highest BCUT2D eigenvalue weighted by Crippen LogP contribution is 2.26. The zero-order valence-electron chi connectivity index (χ0n) is 13.1. The van der Waals surface area contributed by atoms with Crippen molar-refractivity contribution in [1.82, 2.24) is 10.3 Å². The van der Waals surface area contributed by atoms with Gasteiger partial charge in [-0.05, 0) is 49.7 Å². The SMILES string of the molecule is CNCc1cc(C)c(OCc2cccnc2OC)c(C)c1. The smallest absolute Gasteiger partial charge is 0.219 e. The largest absolute Gasteiger partial charge is 0.488 e. The van der Waals surface area contributed by atoms with Crippen LogP contribution in [0.1, 0.15) is 22.3 Å². The minimum absolute atomic E-state index is 0.448. The fraction of sp³-hybridized carbons (Fsp3) is 0.353. The van der Waals surface area contributed by atoms with Gasteiger partial charge in [0.15, 0.2) is 0 Å². The first-order chi connectivity index (χ1) is 10.2. The standard InChI is InChI=1S/C17H22N2O2/c1-12-8-14(10-18-3)9-13(2)16(12)21-11-15-6-5-7-19-17(15)20-4/h5-9,18H,10-11H2,1-4H3. The van der Waals surface area contributed by atoms with Gasteiger partial charge in [0.05, 0.1) is 12.7 Å². The molecular weight excluding hydrogens is 264 g/mol. The van der Waals surface area contributed by atoms with Crippen LogP contribution in [0.3, 0.4) is 0 Å². The molecular formula is C17H22N2O2. The summed E-state index contributed by atoms with van der Waals surface area (Å²) in [6.07, 6.45) is 1.71. The van der Waals surface area contributed by atoms with E-state index in [9.17, 15) is 0 Å². The zero-order valence-corrected chi connectivity index (χ0v) is 13.1. The maximum atomic E-state index is 5.99. The van der Waals surface area contributed by atoms with Crippen molar-refractivity contribution in [3.8, 4) is 11.6 Å². The van der Waals surface area contributed by atoms with Crippen LogP contribution < -0.4 is 14.8 Å². The first-order valence-corrected chi connectivity index (χ1v) is 7.01. The van der Waals surface area contributed by atoms with E-state index in [-0.39, 0.29) is 0 Å².